The molecular formula is C21H24O5. The molecule has 2 aromatic rings. The van der Waals surface area contributed by atoms with E-state index >= 15 is 0 Å². The molecular weight excluding hydrogens is 332 g/mol. The van der Waals surface area contributed by atoms with E-state index in [2.05, 4.69) is 13.8 Å². The lowest BCUT2D eigenvalue weighted by molar-refractivity contribution is 0.0826. The molecule has 0 amide bonds. The van der Waals surface area contributed by atoms with Crippen LogP contribution in [0, 0.1) is 0 Å². The standard InChI is InChI=1S/C21H24O5/c1-21(2)7-6-15-18(26-21)5-4-12-8-13(11-25-20(12)15)19-16(22)9-14(24-3)10-17(19)23/h4-5,9-10,13,22-23H,6-8,11H2,1-3H3. The van der Waals surface area contributed by atoms with Gasteiger partial charge in [0.25, 0.3) is 0 Å². The molecule has 0 radical (unpaired) electrons. The largest absolute Gasteiger partial charge is 0.507 e. The molecule has 0 aromatic heterocycles. The summed E-state index contributed by atoms with van der Waals surface area (Å²) >= 11 is 0. The summed E-state index contributed by atoms with van der Waals surface area (Å²) in [5, 5.41) is 20.7. The second-order valence-electron chi connectivity index (χ2n) is 7.68. The Morgan fingerprint density at radius 3 is 2.58 bits per heavy atom. The van der Waals surface area contributed by atoms with Crippen molar-refractivity contribution in [1.82, 2.24) is 0 Å². The van der Waals surface area contributed by atoms with Gasteiger partial charge in [0, 0.05) is 29.2 Å². The van der Waals surface area contributed by atoms with Crippen LogP contribution in [-0.2, 0) is 12.8 Å². The summed E-state index contributed by atoms with van der Waals surface area (Å²) in [5.74, 6) is 2.17. The average Bonchev–Trinajstić information content (AvgIpc) is 2.59. The van der Waals surface area contributed by atoms with Gasteiger partial charge in [-0.1, -0.05) is 6.07 Å². The summed E-state index contributed by atoms with van der Waals surface area (Å²) in [6.07, 6.45) is 2.57. The number of phenolic OH excluding ortho intramolecular Hbond substituents is 2. The van der Waals surface area contributed by atoms with Crippen molar-refractivity contribution in [2.45, 2.75) is 44.6 Å². The Hall–Kier alpha value is -2.56. The van der Waals surface area contributed by atoms with E-state index in [0.717, 1.165) is 35.5 Å². The van der Waals surface area contributed by atoms with Gasteiger partial charge in [-0.3, -0.25) is 0 Å². The van der Waals surface area contributed by atoms with Gasteiger partial charge in [-0.05, 0) is 44.7 Å². The lowest BCUT2D eigenvalue weighted by Gasteiger charge is -2.35. The van der Waals surface area contributed by atoms with Crippen molar-refractivity contribution in [1.29, 1.82) is 0 Å². The third kappa shape index (κ3) is 2.81. The van der Waals surface area contributed by atoms with Gasteiger partial charge in [0.05, 0.1) is 13.7 Å². The lowest BCUT2D eigenvalue weighted by atomic mass is 9.86. The van der Waals surface area contributed by atoms with Gasteiger partial charge in [-0.2, -0.15) is 0 Å². The van der Waals surface area contributed by atoms with Crippen molar-refractivity contribution in [3.63, 3.8) is 0 Å². The molecule has 2 heterocycles. The van der Waals surface area contributed by atoms with Crippen LogP contribution in [0.4, 0.5) is 0 Å². The zero-order valence-electron chi connectivity index (χ0n) is 15.3. The van der Waals surface area contributed by atoms with Crippen LogP contribution in [0.1, 0.15) is 42.9 Å². The number of ether oxygens (including phenoxy) is 3. The number of hydrogen-bond donors (Lipinski definition) is 2. The first kappa shape index (κ1) is 16.9. The number of benzene rings is 2. The molecule has 5 nitrogen and oxygen atoms in total. The highest BCUT2D eigenvalue weighted by Crippen LogP contribution is 2.46. The molecule has 0 aliphatic carbocycles. The number of rotatable bonds is 2. The summed E-state index contributed by atoms with van der Waals surface area (Å²) in [7, 11) is 1.50. The van der Waals surface area contributed by atoms with Gasteiger partial charge in [0.2, 0.25) is 0 Å². The van der Waals surface area contributed by atoms with Crippen LogP contribution in [0.2, 0.25) is 0 Å². The van der Waals surface area contributed by atoms with Gasteiger partial charge in [-0.15, -0.1) is 0 Å². The first-order valence-electron chi connectivity index (χ1n) is 8.94. The Bertz CT molecular complexity index is 833. The fraction of sp³-hybridized carbons (Fsp3) is 0.429. The molecule has 0 fully saturated rings. The maximum absolute atomic E-state index is 10.3. The van der Waals surface area contributed by atoms with Crippen molar-refractivity contribution in [3.05, 3.63) is 41.0 Å². The molecule has 0 bridgehead atoms. The molecule has 5 heteroatoms. The number of phenols is 2. The Morgan fingerprint density at radius 2 is 1.88 bits per heavy atom. The molecule has 4 rings (SSSR count). The zero-order chi connectivity index (χ0) is 18.5. The van der Waals surface area contributed by atoms with Crippen molar-refractivity contribution >= 4 is 0 Å². The van der Waals surface area contributed by atoms with Gasteiger partial charge in [0.15, 0.2) is 0 Å². The number of aromatic hydroxyl groups is 2. The van der Waals surface area contributed by atoms with Crippen LogP contribution in [0.25, 0.3) is 0 Å². The third-order valence-corrected chi connectivity index (χ3v) is 5.31. The smallest absolute Gasteiger partial charge is 0.129 e. The molecule has 0 saturated heterocycles. The molecule has 0 saturated carbocycles. The fourth-order valence-electron chi connectivity index (χ4n) is 3.93. The topological polar surface area (TPSA) is 68.2 Å². The summed E-state index contributed by atoms with van der Waals surface area (Å²) in [5.41, 5.74) is 2.56. The van der Waals surface area contributed by atoms with Crippen LogP contribution in [0.5, 0.6) is 28.7 Å². The highest BCUT2D eigenvalue weighted by Gasteiger charge is 2.33. The van der Waals surface area contributed by atoms with E-state index in [1.54, 1.807) is 0 Å². The van der Waals surface area contributed by atoms with Gasteiger partial charge in [0.1, 0.15) is 34.3 Å². The minimum atomic E-state index is -0.154. The molecule has 2 aliphatic rings. The van der Waals surface area contributed by atoms with Crippen LogP contribution < -0.4 is 14.2 Å². The Kier molecular flexibility index (Phi) is 3.90. The quantitative estimate of drug-likeness (QED) is 0.853. The van der Waals surface area contributed by atoms with Crippen molar-refractivity contribution in [3.8, 4) is 28.7 Å². The van der Waals surface area contributed by atoms with E-state index in [-0.39, 0.29) is 23.0 Å². The van der Waals surface area contributed by atoms with Crippen LogP contribution >= 0.6 is 0 Å². The first-order valence-corrected chi connectivity index (χ1v) is 8.94. The summed E-state index contributed by atoms with van der Waals surface area (Å²) in [4.78, 5) is 0. The number of fused-ring (bicyclic) bond motifs is 3. The van der Waals surface area contributed by atoms with Crippen LogP contribution in [0.15, 0.2) is 24.3 Å². The number of methoxy groups -OCH3 is 1. The Morgan fingerprint density at radius 1 is 1.15 bits per heavy atom. The highest BCUT2D eigenvalue weighted by molar-refractivity contribution is 5.56. The van der Waals surface area contributed by atoms with Crippen LogP contribution in [0.3, 0.4) is 0 Å². The fourth-order valence-corrected chi connectivity index (χ4v) is 3.93. The minimum absolute atomic E-state index is 0.0296. The predicted molar refractivity (Wildman–Crippen MR) is 97.7 cm³/mol. The normalized spacial score (nSPS) is 20.3. The summed E-state index contributed by atoms with van der Waals surface area (Å²) in [6.45, 7) is 4.60. The molecule has 1 atom stereocenters. The SMILES string of the molecule is COc1cc(O)c(C2COc3c(ccc4c3CCC(C)(C)O4)C2)c(O)c1. The molecule has 1 unspecified atom stereocenters. The van der Waals surface area contributed by atoms with E-state index in [9.17, 15) is 10.2 Å². The molecule has 2 aromatic carbocycles. The van der Waals surface area contributed by atoms with Gasteiger partial charge < -0.3 is 24.4 Å². The van der Waals surface area contributed by atoms with Gasteiger partial charge >= 0.3 is 0 Å². The monoisotopic (exact) mass is 356 g/mol. The molecule has 2 N–H and O–H groups in total. The third-order valence-electron chi connectivity index (χ3n) is 5.31. The van der Waals surface area contributed by atoms with Crippen molar-refractivity contribution in [2.75, 3.05) is 13.7 Å². The maximum atomic E-state index is 10.3. The summed E-state index contributed by atoms with van der Waals surface area (Å²) < 4.78 is 17.3. The molecule has 26 heavy (non-hydrogen) atoms. The second kappa shape index (κ2) is 6.01. The van der Waals surface area contributed by atoms with Crippen molar-refractivity contribution < 1.29 is 24.4 Å². The molecule has 138 valence electrons. The highest BCUT2D eigenvalue weighted by atomic mass is 16.5. The van der Waals surface area contributed by atoms with Gasteiger partial charge in [-0.25, -0.2) is 0 Å². The van der Waals surface area contributed by atoms with E-state index in [1.165, 1.54) is 19.2 Å². The first-order chi connectivity index (χ1) is 12.4. The Labute approximate surface area is 153 Å². The van der Waals surface area contributed by atoms with E-state index < -0.39 is 0 Å². The Balaban J connectivity index is 1.66. The van der Waals surface area contributed by atoms with E-state index in [1.807, 2.05) is 12.1 Å². The number of hydrogen-bond acceptors (Lipinski definition) is 5. The zero-order valence-corrected chi connectivity index (χ0v) is 15.3. The lowest BCUT2D eigenvalue weighted by Crippen LogP contribution is -2.33. The van der Waals surface area contributed by atoms with Crippen molar-refractivity contribution in [2.24, 2.45) is 0 Å². The van der Waals surface area contributed by atoms with E-state index in [4.69, 9.17) is 14.2 Å². The second-order valence-corrected chi connectivity index (χ2v) is 7.68. The average molecular weight is 356 g/mol. The van der Waals surface area contributed by atoms with E-state index in [0.29, 0.717) is 24.3 Å². The predicted octanol–water partition coefficient (Wildman–Crippen LogP) is 3.93. The molecule has 2 aliphatic heterocycles. The maximum Gasteiger partial charge on any atom is 0.129 e. The summed E-state index contributed by atoms with van der Waals surface area (Å²) in [6, 6.07) is 7.08. The van der Waals surface area contributed by atoms with Crippen LogP contribution in [-0.4, -0.2) is 29.5 Å². The minimum Gasteiger partial charge on any atom is -0.507 e. The molecule has 0 spiro atoms.